The van der Waals surface area contributed by atoms with Gasteiger partial charge in [0.15, 0.2) is 6.61 Å². The van der Waals surface area contributed by atoms with Gasteiger partial charge in [-0.1, -0.05) is 12.1 Å². The number of aryl methyl sites for hydroxylation is 2. The Labute approximate surface area is 171 Å². The van der Waals surface area contributed by atoms with Gasteiger partial charge in [0.05, 0.1) is 16.8 Å². The number of rotatable bonds is 7. The maximum absolute atomic E-state index is 12.4. The van der Waals surface area contributed by atoms with E-state index in [1.165, 1.54) is 0 Å². The van der Waals surface area contributed by atoms with E-state index in [-0.39, 0.29) is 18.6 Å². The second-order valence-electron chi connectivity index (χ2n) is 7.34. The van der Waals surface area contributed by atoms with E-state index in [0.717, 1.165) is 49.2 Å². The van der Waals surface area contributed by atoms with E-state index >= 15 is 0 Å². The van der Waals surface area contributed by atoms with Crippen LogP contribution in [0.2, 0.25) is 0 Å². The van der Waals surface area contributed by atoms with Gasteiger partial charge < -0.3 is 18.9 Å². The third kappa shape index (κ3) is 5.16. The van der Waals surface area contributed by atoms with Crippen LogP contribution in [-0.2, 0) is 16.1 Å². The molecule has 0 unspecified atom stereocenters. The molecule has 1 aliphatic rings. The second kappa shape index (κ2) is 9.58. The van der Waals surface area contributed by atoms with Crippen LogP contribution >= 0.6 is 0 Å². The van der Waals surface area contributed by atoms with Crippen molar-refractivity contribution >= 4 is 11.9 Å². The van der Waals surface area contributed by atoms with Gasteiger partial charge in [-0.2, -0.15) is 0 Å². The fraction of sp³-hybridized carbons (Fsp3) is 0.500. The van der Waals surface area contributed by atoms with Gasteiger partial charge in [0.1, 0.15) is 18.1 Å². The Morgan fingerprint density at radius 1 is 1.21 bits per heavy atom. The Kier molecular flexibility index (Phi) is 6.90. The summed E-state index contributed by atoms with van der Waals surface area (Å²) in [6.45, 7) is 6.64. The maximum Gasteiger partial charge on any atom is 0.338 e. The summed E-state index contributed by atoms with van der Waals surface area (Å²) in [6.07, 6.45) is 4.10. The van der Waals surface area contributed by atoms with Crippen LogP contribution in [0.1, 0.15) is 60.0 Å². The Balaban J connectivity index is 1.50. The Morgan fingerprint density at radius 2 is 1.97 bits per heavy atom. The summed E-state index contributed by atoms with van der Waals surface area (Å²) in [5.41, 5.74) is 2.09. The lowest BCUT2D eigenvalue weighted by Crippen LogP contribution is -2.45. The highest BCUT2D eigenvalue weighted by Gasteiger charge is 2.26. The van der Waals surface area contributed by atoms with E-state index in [0.29, 0.717) is 17.9 Å². The lowest BCUT2D eigenvalue weighted by Gasteiger charge is -2.35. The molecule has 156 valence electrons. The number of ether oxygens (including phenoxy) is 2. The maximum atomic E-state index is 12.4. The Hall–Kier alpha value is -2.83. The molecule has 3 rings (SSSR count). The summed E-state index contributed by atoms with van der Waals surface area (Å²) in [5, 5.41) is 3.90. The van der Waals surface area contributed by atoms with Crippen LogP contribution in [0.4, 0.5) is 0 Å². The number of hydrogen-bond acceptors (Lipinski definition) is 6. The zero-order chi connectivity index (χ0) is 20.8. The van der Waals surface area contributed by atoms with Crippen LogP contribution in [0.15, 0.2) is 28.8 Å². The SMILES string of the molecule is CC[C@@H]1CCCCN1C(=O)COC(=O)c1ccc(OCc2c(C)noc2C)cc1. The molecule has 2 heterocycles. The predicted octanol–water partition coefficient (Wildman–Crippen LogP) is 3.82. The number of hydrogen-bond donors (Lipinski definition) is 0. The van der Waals surface area contributed by atoms with Gasteiger partial charge >= 0.3 is 5.97 Å². The monoisotopic (exact) mass is 400 g/mol. The van der Waals surface area contributed by atoms with E-state index < -0.39 is 5.97 Å². The Morgan fingerprint density at radius 3 is 2.62 bits per heavy atom. The van der Waals surface area contributed by atoms with Gasteiger partial charge in [0, 0.05) is 12.6 Å². The first-order valence-corrected chi connectivity index (χ1v) is 10.1. The van der Waals surface area contributed by atoms with Crippen LogP contribution in [-0.4, -0.2) is 41.1 Å². The number of likely N-dealkylation sites (tertiary alicyclic amines) is 1. The molecule has 1 amide bonds. The molecule has 1 aromatic carbocycles. The highest BCUT2D eigenvalue weighted by molar-refractivity contribution is 5.91. The molecule has 1 aliphatic heterocycles. The molecule has 0 bridgehead atoms. The third-order valence-corrected chi connectivity index (χ3v) is 5.40. The number of amides is 1. The molecule has 0 N–H and O–H groups in total. The normalized spacial score (nSPS) is 16.5. The summed E-state index contributed by atoms with van der Waals surface area (Å²) >= 11 is 0. The number of aromatic nitrogens is 1. The minimum atomic E-state index is -0.513. The van der Waals surface area contributed by atoms with Gasteiger partial charge in [0.2, 0.25) is 0 Å². The zero-order valence-electron chi connectivity index (χ0n) is 17.3. The van der Waals surface area contributed by atoms with E-state index in [1.807, 2.05) is 18.7 Å². The van der Waals surface area contributed by atoms with Gasteiger partial charge in [0.25, 0.3) is 5.91 Å². The van der Waals surface area contributed by atoms with Crippen molar-refractivity contribution in [2.24, 2.45) is 0 Å². The summed E-state index contributed by atoms with van der Waals surface area (Å²) in [4.78, 5) is 26.5. The van der Waals surface area contributed by atoms with E-state index in [2.05, 4.69) is 12.1 Å². The molecule has 0 saturated carbocycles. The summed E-state index contributed by atoms with van der Waals surface area (Å²) < 4.78 is 16.1. The first kappa shape index (κ1) is 20.9. The molecule has 29 heavy (non-hydrogen) atoms. The number of carbonyl (C=O) groups excluding carboxylic acids is 2. The Bertz CT molecular complexity index is 824. The molecule has 0 spiro atoms. The number of carbonyl (C=O) groups is 2. The van der Waals surface area contributed by atoms with Crippen molar-refractivity contribution in [2.75, 3.05) is 13.2 Å². The lowest BCUT2D eigenvalue weighted by molar-refractivity contribution is -0.138. The topological polar surface area (TPSA) is 81.9 Å². The van der Waals surface area contributed by atoms with Gasteiger partial charge in [-0.3, -0.25) is 4.79 Å². The molecular formula is C22H28N2O5. The third-order valence-electron chi connectivity index (χ3n) is 5.40. The largest absolute Gasteiger partial charge is 0.489 e. The molecule has 0 radical (unpaired) electrons. The number of nitrogens with zero attached hydrogens (tertiary/aromatic N) is 2. The van der Waals surface area contributed by atoms with Gasteiger partial charge in [-0.05, 0) is 63.8 Å². The molecule has 1 aromatic heterocycles. The van der Waals surface area contributed by atoms with Crippen molar-refractivity contribution in [1.82, 2.24) is 10.1 Å². The van der Waals surface area contributed by atoms with Gasteiger partial charge in [-0.25, -0.2) is 4.79 Å². The molecule has 7 heteroatoms. The van der Waals surface area contributed by atoms with E-state index in [4.69, 9.17) is 14.0 Å². The van der Waals surface area contributed by atoms with E-state index in [9.17, 15) is 9.59 Å². The molecule has 0 aliphatic carbocycles. The van der Waals surface area contributed by atoms with Crippen LogP contribution < -0.4 is 4.74 Å². The highest BCUT2D eigenvalue weighted by Crippen LogP contribution is 2.20. The van der Waals surface area contributed by atoms with Crippen molar-refractivity contribution in [2.45, 2.75) is 59.1 Å². The number of benzene rings is 1. The first-order valence-electron chi connectivity index (χ1n) is 10.1. The van der Waals surface area contributed by atoms with Crippen LogP contribution in [0.3, 0.4) is 0 Å². The van der Waals surface area contributed by atoms with Crippen molar-refractivity contribution in [3.05, 3.63) is 46.8 Å². The molecule has 1 fully saturated rings. The minimum absolute atomic E-state index is 0.121. The molecule has 1 atom stereocenters. The highest BCUT2D eigenvalue weighted by atomic mass is 16.5. The van der Waals surface area contributed by atoms with Crippen molar-refractivity contribution in [1.29, 1.82) is 0 Å². The average Bonchev–Trinajstić information content (AvgIpc) is 3.07. The van der Waals surface area contributed by atoms with Crippen LogP contribution in [0, 0.1) is 13.8 Å². The molecular weight excluding hydrogens is 372 g/mol. The fourth-order valence-corrected chi connectivity index (χ4v) is 3.60. The minimum Gasteiger partial charge on any atom is -0.489 e. The predicted molar refractivity (Wildman–Crippen MR) is 107 cm³/mol. The van der Waals surface area contributed by atoms with E-state index in [1.54, 1.807) is 24.3 Å². The van der Waals surface area contributed by atoms with Gasteiger partial charge in [-0.15, -0.1) is 0 Å². The number of esters is 1. The van der Waals surface area contributed by atoms with Crippen LogP contribution in [0.25, 0.3) is 0 Å². The van der Waals surface area contributed by atoms with Crippen molar-refractivity contribution < 1.29 is 23.6 Å². The first-order chi connectivity index (χ1) is 14.0. The fourth-order valence-electron chi connectivity index (χ4n) is 3.60. The second-order valence-corrected chi connectivity index (χ2v) is 7.34. The molecule has 2 aromatic rings. The quantitative estimate of drug-likeness (QED) is 0.657. The lowest BCUT2D eigenvalue weighted by atomic mass is 10.00. The smallest absolute Gasteiger partial charge is 0.338 e. The standard InChI is InChI=1S/C22H28N2O5/c1-4-18-7-5-6-12-24(18)21(25)14-28-22(26)17-8-10-19(11-9-17)27-13-20-15(2)23-29-16(20)3/h8-11,18H,4-7,12-14H2,1-3H3/t18-/m1/s1. The number of piperidine rings is 1. The summed E-state index contributed by atoms with van der Waals surface area (Å²) in [5.74, 6) is 0.716. The summed E-state index contributed by atoms with van der Waals surface area (Å²) in [6, 6.07) is 6.92. The average molecular weight is 400 g/mol. The van der Waals surface area contributed by atoms with Crippen molar-refractivity contribution in [3.8, 4) is 5.75 Å². The van der Waals surface area contributed by atoms with Crippen molar-refractivity contribution in [3.63, 3.8) is 0 Å². The molecule has 1 saturated heterocycles. The summed E-state index contributed by atoms with van der Waals surface area (Å²) in [7, 11) is 0. The molecule has 7 nitrogen and oxygen atoms in total. The van der Waals surface area contributed by atoms with Crippen LogP contribution in [0.5, 0.6) is 5.75 Å². The zero-order valence-corrected chi connectivity index (χ0v) is 17.3.